The third kappa shape index (κ3) is 5.36. The Hall–Kier alpha value is -1.32. The predicted molar refractivity (Wildman–Crippen MR) is 93.1 cm³/mol. The molecule has 0 N–H and O–H groups in total. The SMILES string of the molecule is CCC1CCCCN1C(=O)CN(CCC1=CCCCC1)C(C)=O. The first-order chi connectivity index (χ1) is 11.1. The van der Waals surface area contributed by atoms with Crippen molar-refractivity contribution in [2.24, 2.45) is 0 Å². The molecule has 1 aliphatic heterocycles. The first-order valence-corrected chi connectivity index (χ1v) is 9.34. The van der Waals surface area contributed by atoms with Crippen LogP contribution in [0.2, 0.25) is 0 Å². The van der Waals surface area contributed by atoms with Gasteiger partial charge in [-0.1, -0.05) is 18.6 Å². The molecule has 2 amide bonds. The van der Waals surface area contributed by atoms with E-state index >= 15 is 0 Å². The largest absolute Gasteiger partial charge is 0.338 e. The van der Waals surface area contributed by atoms with Crippen molar-refractivity contribution in [2.75, 3.05) is 19.6 Å². The second kappa shape index (κ2) is 9.09. The lowest BCUT2D eigenvalue weighted by molar-refractivity contribution is -0.141. The van der Waals surface area contributed by atoms with Crippen LogP contribution in [0.4, 0.5) is 0 Å². The molecule has 2 aliphatic rings. The van der Waals surface area contributed by atoms with Crippen LogP contribution in [0.25, 0.3) is 0 Å². The fourth-order valence-corrected chi connectivity index (χ4v) is 3.77. The van der Waals surface area contributed by atoms with Gasteiger partial charge in [0.1, 0.15) is 0 Å². The Balaban J connectivity index is 1.88. The Bertz CT molecular complexity index is 445. The number of rotatable bonds is 6. The first-order valence-electron chi connectivity index (χ1n) is 9.34. The first kappa shape index (κ1) is 18.0. The summed E-state index contributed by atoms with van der Waals surface area (Å²) in [5.74, 6) is 0.143. The Morgan fingerprint density at radius 2 is 2.09 bits per heavy atom. The second-order valence-corrected chi connectivity index (χ2v) is 6.94. The molecule has 4 nitrogen and oxygen atoms in total. The van der Waals surface area contributed by atoms with Gasteiger partial charge in [-0.05, 0) is 57.8 Å². The summed E-state index contributed by atoms with van der Waals surface area (Å²) in [4.78, 5) is 28.3. The van der Waals surface area contributed by atoms with Gasteiger partial charge in [0.2, 0.25) is 11.8 Å². The Labute approximate surface area is 140 Å². The standard InChI is InChI=1S/C19H32N2O2/c1-3-18-11-7-8-13-21(18)19(23)15-20(16(2)22)14-12-17-9-5-4-6-10-17/h9,18H,3-8,10-15H2,1-2H3. The van der Waals surface area contributed by atoms with Crippen molar-refractivity contribution in [2.45, 2.75) is 77.7 Å². The van der Waals surface area contributed by atoms with Crippen LogP contribution in [0.5, 0.6) is 0 Å². The maximum atomic E-state index is 12.7. The van der Waals surface area contributed by atoms with Crippen molar-refractivity contribution in [3.05, 3.63) is 11.6 Å². The number of hydrogen-bond donors (Lipinski definition) is 0. The van der Waals surface area contributed by atoms with Crippen LogP contribution in [0.1, 0.15) is 71.6 Å². The van der Waals surface area contributed by atoms with Crippen molar-refractivity contribution in [1.29, 1.82) is 0 Å². The van der Waals surface area contributed by atoms with Crippen LogP contribution >= 0.6 is 0 Å². The third-order valence-corrected chi connectivity index (χ3v) is 5.28. The highest BCUT2D eigenvalue weighted by atomic mass is 16.2. The lowest BCUT2D eigenvalue weighted by Crippen LogP contribution is -2.48. The minimum absolute atomic E-state index is 0.0137. The van der Waals surface area contributed by atoms with Crippen LogP contribution in [0.15, 0.2) is 11.6 Å². The number of carbonyl (C=O) groups is 2. The molecule has 0 aromatic heterocycles. The number of piperidine rings is 1. The quantitative estimate of drug-likeness (QED) is 0.703. The minimum atomic E-state index is 0.0137. The molecule has 0 spiro atoms. The van der Waals surface area contributed by atoms with Gasteiger partial charge in [-0.25, -0.2) is 0 Å². The molecule has 23 heavy (non-hydrogen) atoms. The summed E-state index contributed by atoms with van der Waals surface area (Å²) in [5.41, 5.74) is 1.46. The van der Waals surface area contributed by atoms with Gasteiger partial charge >= 0.3 is 0 Å². The molecule has 1 fully saturated rings. The fraction of sp³-hybridized carbons (Fsp3) is 0.789. The number of allylic oxidation sites excluding steroid dienone is 1. The third-order valence-electron chi connectivity index (χ3n) is 5.28. The molecule has 1 unspecified atom stereocenters. The zero-order valence-corrected chi connectivity index (χ0v) is 14.9. The van der Waals surface area contributed by atoms with E-state index < -0.39 is 0 Å². The molecular weight excluding hydrogens is 288 g/mol. The zero-order valence-electron chi connectivity index (χ0n) is 14.9. The van der Waals surface area contributed by atoms with Crippen LogP contribution in [0, 0.1) is 0 Å². The van der Waals surface area contributed by atoms with Gasteiger partial charge in [0.05, 0.1) is 6.54 Å². The molecular formula is C19H32N2O2. The summed E-state index contributed by atoms with van der Waals surface area (Å²) in [5, 5.41) is 0. The lowest BCUT2D eigenvalue weighted by atomic mass is 9.97. The molecule has 0 aromatic rings. The molecule has 0 radical (unpaired) electrons. The van der Waals surface area contributed by atoms with Crippen LogP contribution in [-0.4, -0.2) is 47.3 Å². The summed E-state index contributed by atoms with van der Waals surface area (Å²) < 4.78 is 0. The molecule has 0 aromatic carbocycles. The summed E-state index contributed by atoms with van der Waals surface area (Å²) in [6, 6.07) is 0.367. The Morgan fingerprint density at radius 3 is 2.74 bits per heavy atom. The summed E-state index contributed by atoms with van der Waals surface area (Å²) in [6.45, 7) is 5.51. The van der Waals surface area contributed by atoms with E-state index in [1.54, 1.807) is 11.8 Å². The van der Waals surface area contributed by atoms with E-state index in [0.29, 0.717) is 12.6 Å². The highest BCUT2D eigenvalue weighted by Crippen LogP contribution is 2.21. The summed E-state index contributed by atoms with van der Waals surface area (Å²) in [7, 11) is 0. The van der Waals surface area contributed by atoms with E-state index in [9.17, 15) is 9.59 Å². The predicted octanol–water partition coefficient (Wildman–Crippen LogP) is 3.52. The van der Waals surface area contributed by atoms with Gasteiger partial charge in [0.15, 0.2) is 0 Å². The van der Waals surface area contributed by atoms with Gasteiger partial charge in [-0.2, -0.15) is 0 Å². The van der Waals surface area contributed by atoms with Gasteiger partial charge in [-0.3, -0.25) is 9.59 Å². The van der Waals surface area contributed by atoms with Crippen molar-refractivity contribution < 1.29 is 9.59 Å². The Morgan fingerprint density at radius 1 is 1.26 bits per heavy atom. The van der Waals surface area contributed by atoms with Crippen molar-refractivity contribution in [1.82, 2.24) is 9.80 Å². The van der Waals surface area contributed by atoms with Gasteiger partial charge in [0.25, 0.3) is 0 Å². The Kier molecular flexibility index (Phi) is 7.13. The molecule has 130 valence electrons. The molecule has 0 saturated carbocycles. The molecule has 4 heteroatoms. The van der Waals surface area contributed by atoms with Crippen LogP contribution < -0.4 is 0 Å². The van der Waals surface area contributed by atoms with E-state index in [1.165, 1.54) is 31.3 Å². The monoisotopic (exact) mass is 320 g/mol. The highest BCUT2D eigenvalue weighted by molar-refractivity contribution is 5.84. The smallest absolute Gasteiger partial charge is 0.242 e. The topological polar surface area (TPSA) is 40.6 Å². The maximum absolute atomic E-state index is 12.7. The van der Waals surface area contributed by atoms with Crippen molar-refractivity contribution in [3.63, 3.8) is 0 Å². The normalized spacial score (nSPS) is 21.7. The molecule has 1 atom stereocenters. The summed E-state index contributed by atoms with van der Waals surface area (Å²) in [6.07, 6.45) is 12.5. The molecule has 1 heterocycles. The number of nitrogens with zero attached hydrogens (tertiary/aromatic N) is 2. The summed E-state index contributed by atoms with van der Waals surface area (Å²) >= 11 is 0. The molecule has 1 aliphatic carbocycles. The number of hydrogen-bond acceptors (Lipinski definition) is 2. The second-order valence-electron chi connectivity index (χ2n) is 6.94. The van der Waals surface area contributed by atoms with Crippen LogP contribution in [-0.2, 0) is 9.59 Å². The van der Waals surface area contributed by atoms with Crippen molar-refractivity contribution >= 4 is 11.8 Å². The van der Waals surface area contributed by atoms with E-state index in [0.717, 1.165) is 38.6 Å². The zero-order chi connectivity index (χ0) is 16.7. The lowest BCUT2D eigenvalue weighted by Gasteiger charge is -2.36. The van der Waals surface area contributed by atoms with Crippen molar-refractivity contribution in [3.8, 4) is 0 Å². The fourth-order valence-electron chi connectivity index (χ4n) is 3.77. The van der Waals surface area contributed by atoms with Crippen LogP contribution in [0.3, 0.4) is 0 Å². The molecule has 2 rings (SSSR count). The average Bonchev–Trinajstić information content (AvgIpc) is 2.59. The van der Waals surface area contributed by atoms with E-state index in [1.807, 2.05) is 4.90 Å². The van der Waals surface area contributed by atoms with E-state index in [-0.39, 0.29) is 18.4 Å². The number of carbonyl (C=O) groups excluding carboxylic acids is 2. The van der Waals surface area contributed by atoms with Gasteiger partial charge in [-0.15, -0.1) is 0 Å². The van der Waals surface area contributed by atoms with Gasteiger partial charge in [0, 0.05) is 26.1 Å². The average molecular weight is 320 g/mol. The maximum Gasteiger partial charge on any atom is 0.242 e. The van der Waals surface area contributed by atoms with E-state index in [2.05, 4.69) is 13.0 Å². The number of likely N-dealkylation sites (tertiary alicyclic amines) is 1. The minimum Gasteiger partial charge on any atom is -0.338 e. The molecule has 1 saturated heterocycles. The highest BCUT2D eigenvalue weighted by Gasteiger charge is 2.27. The molecule has 0 bridgehead atoms. The van der Waals surface area contributed by atoms with Gasteiger partial charge < -0.3 is 9.80 Å². The number of amides is 2. The van der Waals surface area contributed by atoms with E-state index in [4.69, 9.17) is 0 Å².